The van der Waals surface area contributed by atoms with Crippen LogP contribution in [0.25, 0.3) is 0 Å². The zero-order chi connectivity index (χ0) is 12.8. The summed E-state index contributed by atoms with van der Waals surface area (Å²) in [5.41, 5.74) is 6.93. The summed E-state index contributed by atoms with van der Waals surface area (Å²) in [7, 11) is 0. The Hall–Kier alpha value is -0.680. The average Bonchev–Trinajstić information content (AvgIpc) is 2.30. The molecule has 17 heavy (non-hydrogen) atoms. The van der Waals surface area contributed by atoms with Crippen molar-refractivity contribution in [3.63, 3.8) is 0 Å². The van der Waals surface area contributed by atoms with Crippen molar-refractivity contribution in [3.8, 4) is 0 Å². The minimum Gasteiger partial charge on any atom is -0.398 e. The molecule has 0 aliphatic carbocycles. The van der Waals surface area contributed by atoms with Crippen LogP contribution >= 0.6 is 27.7 Å². The summed E-state index contributed by atoms with van der Waals surface area (Å²) < 4.78 is 0.751. The highest BCUT2D eigenvalue weighted by atomic mass is 79.9. The minimum absolute atomic E-state index is 0.0603. The van der Waals surface area contributed by atoms with Crippen molar-refractivity contribution in [2.75, 3.05) is 17.2 Å². The van der Waals surface area contributed by atoms with Crippen molar-refractivity contribution in [3.05, 3.63) is 28.2 Å². The lowest BCUT2D eigenvalue weighted by atomic mass is 10.2. The lowest BCUT2D eigenvalue weighted by molar-refractivity contribution is 0.0943. The minimum atomic E-state index is -0.0603. The second-order valence-electron chi connectivity index (χ2n) is 3.77. The molecule has 5 heteroatoms. The van der Waals surface area contributed by atoms with Crippen molar-refractivity contribution in [1.82, 2.24) is 5.32 Å². The normalized spacial score (nSPS) is 12.2. The fourth-order valence-electron chi connectivity index (χ4n) is 1.31. The van der Waals surface area contributed by atoms with Crippen LogP contribution in [-0.2, 0) is 0 Å². The molecule has 0 aromatic heterocycles. The molecular formula is C12H17BrN2OS. The average molecular weight is 317 g/mol. The van der Waals surface area contributed by atoms with E-state index in [1.54, 1.807) is 18.2 Å². The van der Waals surface area contributed by atoms with Crippen LogP contribution < -0.4 is 11.1 Å². The number of benzene rings is 1. The topological polar surface area (TPSA) is 55.1 Å². The lowest BCUT2D eigenvalue weighted by Gasteiger charge is -2.13. The van der Waals surface area contributed by atoms with Gasteiger partial charge in [-0.3, -0.25) is 4.79 Å². The predicted molar refractivity (Wildman–Crippen MR) is 78.5 cm³/mol. The largest absolute Gasteiger partial charge is 0.398 e. The highest BCUT2D eigenvalue weighted by molar-refractivity contribution is 9.10. The van der Waals surface area contributed by atoms with Gasteiger partial charge in [0, 0.05) is 27.5 Å². The fourth-order valence-corrected chi connectivity index (χ4v) is 2.36. The maximum atomic E-state index is 11.9. The Labute approximate surface area is 115 Å². The predicted octanol–water partition coefficient (Wildman–Crippen LogP) is 2.90. The molecule has 0 bridgehead atoms. The van der Waals surface area contributed by atoms with Gasteiger partial charge < -0.3 is 11.1 Å². The molecule has 3 N–H and O–H groups in total. The second-order valence-corrected chi connectivity index (χ2v) is 5.94. The van der Waals surface area contributed by atoms with Crippen LogP contribution in [0.4, 0.5) is 5.69 Å². The number of nitrogen functional groups attached to an aromatic ring is 1. The number of hydrogen-bond donors (Lipinski definition) is 2. The summed E-state index contributed by atoms with van der Waals surface area (Å²) >= 11 is 5.13. The quantitative estimate of drug-likeness (QED) is 0.821. The van der Waals surface area contributed by atoms with Crippen molar-refractivity contribution >= 4 is 39.3 Å². The summed E-state index contributed by atoms with van der Waals surface area (Å²) in [5, 5.41) is 2.96. The van der Waals surface area contributed by atoms with Crippen molar-refractivity contribution in [1.29, 1.82) is 0 Å². The molecule has 3 nitrogen and oxygen atoms in total. The molecule has 0 radical (unpaired) electrons. The molecule has 1 aromatic rings. The lowest BCUT2D eigenvalue weighted by Crippen LogP contribution is -2.34. The van der Waals surface area contributed by atoms with Crippen LogP contribution in [0.2, 0.25) is 0 Å². The zero-order valence-corrected chi connectivity index (χ0v) is 12.4. The van der Waals surface area contributed by atoms with Crippen LogP contribution in [0.5, 0.6) is 0 Å². The summed E-state index contributed by atoms with van der Waals surface area (Å²) in [6.45, 7) is 4.11. The molecule has 1 atom stereocenters. The molecule has 1 unspecified atom stereocenters. The molecule has 1 rings (SSSR count). The Bertz CT molecular complexity index is 398. The van der Waals surface area contributed by atoms with Gasteiger partial charge in [0.15, 0.2) is 0 Å². The number of rotatable bonds is 5. The SMILES string of the molecule is CCSCC(C)NC(=O)c1ccc(N)c(Br)c1. The van der Waals surface area contributed by atoms with E-state index in [0.717, 1.165) is 16.0 Å². The maximum Gasteiger partial charge on any atom is 0.251 e. The Kier molecular flexibility index (Phi) is 5.85. The molecule has 0 fully saturated rings. The maximum absolute atomic E-state index is 11.9. The van der Waals surface area contributed by atoms with Gasteiger partial charge in [-0.15, -0.1) is 0 Å². The van der Waals surface area contributed by atoms with Crippen molar-refractivity contribution in [2.24, 2.45) is 0 Å². The van der Waals surface area contributed by atoms with E-state index >= 15 is 0 Å². The molecule has 1 amide bonds. The smallest absolute Gasteiger partial charge is 0.251 e. The van der Waals surface area contributed by atoms with E-state index in [0.29, 0.717) is 11.3 Å². The van der Waals surface area contributed by atoms with Gasteiger partial charge in [-0.1, -0.05) is 6.92 Å². The first kappa shape index (κ1) is 14.4. The molecule has 0 spiro atoms. The third kappa shape index (κ3) is 4.60. The Morgan fingerprint density at radius 1 is 1.59 bits per heavy atom. The number of anilines is 1. The van der Waals surface area contributed by atoms with Gasteiger partial charge in [-0.25, -0.2) is 0 Å². The van der Waals surface area contributed by atoms with Gasteiger partial charge in [0.05, 0.1) is 0 Å². The van der Waals surface area contributed by atoms with Gasteiger partial charge >= 0.3 is 0 Å². The van der Waals surface area contributed by atoms with Crippen molar-refractivity contribution in [2.45, 2.75) is 19.9 Å². The molecule has 94 valence electrons. The van der Waals surface area contributed by atoms with Gasteiger partial charge in [-0.05, 0) is 46.8 Å². The summed E-state index contributed by atoms with van der Waals surface area (Å²) in [5.74, 6) is 1.93. The van der Waals surface area contributed by atoms with Crippen molar-refractivity contribution < 1.29 is 4.79 Å². The Morgan fingerprint density at radius 3 is 2.88 bits per heavy atom. The van der Waals surface area contributed by atoms with Crippen LogP contribution in [-0.4, -0.2) is 23.5 Å². The van der Waals surface area contributed by atoms with Crippen LogP contribution in [0, 0.1) is 0 Å². The number of amides is 1. The number of carbonyl (C=O) groups excluding carboxylic acids is 1. The van der Waals surface area contributed by atoms with Gasteiger partial charge in [0.1, 0.15) is 0 Å². The van der Waals surface area contributed by atoms with E-state index in [4.69, 9.17) is 5.73 Å². The van der Waals surface area contributed by atoms with E-state index in [2.05, 4.69) is 28.2 Å². The van der Waals surface area contributed by atoms with Crippen LogP contribution in [0.15, 0.2) is 22.7 Å². The monoisotopic (exact) mass is 316 g/mol. The first-order valence-electron chi connectivity index (χ1n) is 5.48. The van der Waals surface area contributed by atoms with E-state index < -0.39 is 0 Å². The molecule has 0 heterocycles. The first-order valence-corrected chi connectivity index (χ1v) is 7.43. The molecule has 0 aliphatic heterocycles. The molecule has 0 aliphatic rings. The number of carbonyl (C=O) groups is 1. The zero-order valence-electron chi connectivity index (χ0n) is 10.00. The Balaban J connectivity index is 2.60. The molecule has 1 aromatic carbocycles. The van der Waals surface area contributed by atoms with Gasteiger partial charge in [-0.2, -0.15) is 11.8 Å². The number of hydrogen-bond acceptors (Lipinski definition) is 3. The van der Waals surface area contributed by atoms with Gasteiger partial charge in [0.25, 0.3) is 5.91 Å². The highest BCUT2D eigenvalue weighted by Crippen LogP contribution is 2.20. The number of nitrogens with one attached hydrogen (secondary N) is 1. The van der Waals surface area contributed by atoms with Crippen LogP contribution in [0.3, 0.4) is 0 Å². The van der Waals surface area contributed by atoms with E-state index in [1.807, 2.05) is 18.7 Å². The third-order valence-electron chi connectivity index (χ3n) is 2.21. The standard InChI is InChI=1S/C12H17BrN2OS/c1-3-17-7-8(2)15-12(16)9-4-5-11(14)10(13)6-9/h4-6,8H,3,7,14H2,1-2H3,(H,15,16). The van der Waals surface area contributed by atoms with E-state index in [9.17, 15) is 4.79 Å². The molecule has 0 saturated carbocycles. The third-order valence-corrected chi connectivity index (χ3v) is 4.04. The van der Waals surface area contributed by atoms with Gasteiger partial charge in [0.2, 0.25) is 0 Å². The highest BCUT2D eigenvalue weighted by Gasteiger charge is 2.10. The summed E-state index contributed by atoms with van der Waals surface area (Å²) in [6.07, 6.45) is 0. The Morgan fingerprint density at radius 2 is 2.29 bits per heavy atom. The molecule has 0 saturated heterocycles. The summed E-state index contributed by atoms with van der Waals surface area (Å²) in [4.78, 5) is 11.9. The number of halogens is 1. The first-order chi connectivity index (χ1) is 8.04. The fraction of sp³-hybridized carbons (Fsp3) is 0.417. The van der Waals surface area contributed by atoms with E-state index in [1.165, 1.54) is 0 Å². The molecular weight excluding hydrogens is 300 g/mol. The van der Waals surface area contributed by atoms with E-state index in [-0.39, 0.29) is 11.9 Å². The summed E-state index contributed by atoms with van der Waals surface area (Å²) in [6, 6.07) is 5.37. The number of nitrogens with two attached hydrogens (primary N) is 1. The number of thioether (sulfide) groups is 1. The second kappa shape index (κ2) is 6.91. The van der Waals surface area contributed by atoms with Crippen LogP contribution in [0.1, 0.15) is 24.2 Å².